The summed E-state index contributed by atoms with van der Waals surface area (Å²) in [4.78, 5) is 13.3. The quantitative estimate of drug-likeness (QED) is 0.597. The van der Waals surface area contributed by atoms with Gasteiger partial charge in [-0.1, -0.05) is 12.1 Å². The number of likely N-dealkylation sites (N-methyl/N-ethyl adjacent to an activating group) is 1. The summed E-state index contributed by atoms with van der Waals surface area (Å²) in [7, 11) is 2.13. The van der Waals surface area contributed by atoms with Crippen molar-refractivity contribution in [2.45, 2.75) is 44.4 Å². The molecule has 0 radical (unpaired) electrons. The maximum absolute atomic E-state index is 15.3. The normalized spacial score (nSPS) is 23.1. The molecule has 2 aromatic heterocycles. The van der Waals surface area contributed by atoms with Gasteiger partial charge < -0.3 is 14.6 Å². The van der Waals surface area contributed by atoms with Crippen molar-refractivity contribution < 1.29 is 9.50 Å². The molecular weight excluding hydrogens is 429 g/mol. The summed E-state index contributed by atoms with van der Waals surface area (Å²) in [6.45, 7) is 4.85. The molecule has 3 heterocycles. The summed E-state index contributed by atoms with van der Waals surface area (Å²) >= 11 is 6.10. The Morgan fingerprint density at radius 2 is 1.84 bits per heavy atom. The molecule has 0 unspecified atom stereocenters. The molecule has 1 saturated heterocycles. The molecule has 0 spiro atoms. The first-order valence-electron chi connectivity index (χ1n) is 11.4. The van der Waals surface area contributed by atoms with Crippen LogP contribution in [0, 0.1) is 5.82 Å². The fourth-order valence-electron chi connectivity index (χ4n) is 4.98. The van der Waals surface area contributed by atoms with Gasteiger partial charge in [-0.3, -0.25) is 4.90 Å². The molecule has 5 rings (SSSR count). The van der Waals surface area contributed by atoms with E-state index in [4.69, 9.17) is 11.6 Å². The first kappa shape index (κ1) is 21.8. The lowest BCUT2D eigenvalue weighted by atomic mass is 9.93. The second-order valence-corrected chi connectivity index (χ2v) is 9.52. The van der Waals surface area contributed by atoms with Crippen LogP contribution < -0.4 is 0 Å². The lowest BCUT2D eigenvalue weighted by Crippen LogP contribution is -2.43. The smallest absolute Gasteiger partial charge is 0.224 e. The monoisotopic (exact) mass is 457 g/mol. The summed E-state index contributed by atoms with van der Waals surface area (Å²) in [5.74, 6) is -0.232. The van der Waals surface area contributed by atoms with Gasteiger partial charge in [-0.15, -0.1) is 0 Å². The van der Waals surface area contributed by atoms with Gasteiger partial charge >= 0.3 is 0 Å². The maximum Gasteiger partial charge on any atom is 0.224 e. The Kier molecular flexibility index (Phi) is 6.16. The minimum Gasteiger partial charge on any atom is -0.393 e. The topological polar surface area (TPSA) is 57.4 Å². The number of rotatable bonds is 4. The van der Waals surface area contributed by atoms with Gasteiger partial charge in [0.1, 0.15) is 11.5 Å². The zero-order valence-electron chi connectivity index (χ0n) is 18.3. The van der Waals surface area contributed by atoms with E-state index >= 15 is 4.39 Å². The minimum absolute atomic E-state index is 0.183. The number of fused-ring (bicyclic) bond motifs is 1. The van der Waals surface area contributed by atoms with E-state index in [9.17, 15) is 5.11 Å². The van der Waals surface area contributed by atoms with E-state index in [0.717, 1.165) is 80.6 Å². The SMILES string of the molecule is CN1CCN(Cc2ccc(-c3cn(C4CCC(O)CC4)c4nc(Cl)ncc34)c(F)c2)CC1. The second-order valence-electron chi connectivity index (χ2n) is 9.18. The van der Waals surface area contributed by atoms with Crippen LogP contribution >= 0.6 is 11.6 Å². The lowest BCUT2D eigenvalue weighted by Gasteiger charge is -2.32. The summed E-state index contributed by atoms with van der Waals surface area (Å²) in [5, 5.41) is 10.9. The Bertz CT molecular complexity index is 1100. The highest BCUT2D eigenvalue weighted by molar-refractivity contribution is 6.28. The standard InChI is InChI=1S/C24H29ClFN5O/c1-29-8-10-30(11-9-29)14-16-2-7-19(22(26)12-16)21-15-31(17-3-5-18(32)6-4-17)23-20(21)13-27-24(25)28-23/h2,7,12-13,15,17-18,32H,3-6,8-11,14H2,1H3. The van der Waals surface area contributed by atoms with Crippen molar-refractivity contribution in [1.29, 1.82) is 0 Å². The van der Waals surface area contributed by atoms with Crippen LogP contribution in [-0.2, 0) is 6.54 Å². The molecule has 0 bridgehead atoms. The molecule has 1 aliphatic heterocycles. The second kappa shape index (κ2) is 9.06. The highest BCUT2D eigenvalue weighted by Gasteiger charge is 2.25. The predicted octanol–water partition coefficient (Wildman–Crippen LogP) is 4.11. The molecule has 2 fully saturated rings. The number of benzene rings is 1. The molecule has 1 N–H and O–H groups in total. The highest BCUT2D eigenvalue weighted by atomic mass is 35.5. The zero-order valence-corrected chi connectivity index (χ0v) is 19.1. The van der Waals surface area contributed by atoms with Crippen molar-refractivity contribution in [1.82, 2.24) is 24.3 Å². The first-order valence-corrected chi connectivity index (χ1v) is 11.8. The summed E-state index contributed by atoms with van der Waals surface area (Å²) in [5.41, 5.74) is 3.05. The number of aromatic nitrogens is 3. The van der Waals surface area contributed by atoms with Gasteiger partial charge in [0.05, 0.1) is 6.10 Å². The van der Waals surface area contributed by atoms with Crippen molar-refractivity contribution in [3.8, 4) is 11.1 Å². The molecule has 1 saturated carbocycles. The molecule has 3 aromatic rings. The number of nitrogens with zero attached hydrogens (tertiary/aromatic N) is 5. The van der Waals surface area contributed by atoms with E-state index in [0.29, 0.717) is 5.56 Å². The van der Waals surface area contributed by atoms with E-state index in [2.05, 4.69) is 31.4 Å². The van der Waals surface area contributed by atoms with E-state index in [1.807, 2.05) is 18.3 Å². The Hall–Kier alpha value is -2.06. The third kappa shape index (κ3) is 4.39. The maximum atomic E-state index is 15.3. The minimum atomic E-state index is -0.240. The van der Waals surface area contributed by atoms with Crippen molar-refractivity contribution in [3.63, 3.8) is 0 Å². The van der Waals surface area contributed by atoms with E-state index in [-0.39, 0.29) is 23.2 Å². The zero-order chi connectivity index (χ0) is 22.2. The Balaban J connectivity index is 1.46. The third-order valence-corrected chi connectivity index (χ3v) is 7.11. The van der Waals surface area contributed by atoms with Gasteiger partial charge in [0.15, 0.2) is 0 Å². The number of halogens is 2. The van der Waals surface area contributed by atoms with Gasteiger partial charge in [-0.25, -0.2) is 9.37 Å². The van der Waals surface area contributed by atoms with Crippen LogP contribution in [-0.4, -0.2) is 68.8 Å². The summed E-state index contributed by atoms with van der Waals surface area (Å²) in [6.07, 6.45) is 6.66. The molecule has 8 heteroatoms. The van der Waals surface area contributed by atoms with E-state index in [1.54, 1.807) is 12.3 Å². The number of hydrogen-bond donors (Lipinski definition) is 1. The van der Waals surface area contributed by atoms with Gasteiger partial charge in [-0.05, 0) is 56.0 Å². The Labute approximate surface area is 192 Å². The van der Waals surface area contributed by atoms with Crippen LogP contribution in [0.1, 0.15) is 37.3 Å². The molecule has 2 aliphatic rings. The molecule has 32 heavy (non-hydrogen) atoms. The van der Waals surface area contributed by atoms with Crippen LogP contribution in [0.4, 0.5) is 4.39 Å². The summed E-state index contributed by atoms with van der Waals surface area (Å²) in [6, 6.07) is 5.76. The molecule has 6 nitrogen and oxygen atoms in total. The molecule has 170 valence electrons. The number of aliphatic hydroxyl groups is 1. The largest absolute Gasteiger partial charge is 0.393 e. The average molecular weight is 458 g/mol. The van der Waals surface area contributed by atoms with Gasteiger partial charge in [-0.2, -0.15) is 4.98 Å². The van der Waals surface area contributed by atoms with E-state index in [1.165, 1.54) is 0 Å². The van der Waals surface area contributed by atoms with Gasteiger partial charge in [0.25, 0.3) is 0 Å². The fourth-order valence-corrected chi connectivity index (χ4v) is 5.11. The van der Waals surface area contributed by atoms with Crippen LogP contribution in [0.3, 0.4) is 0 Å². The lowest BCUT2D eigenvalue weighted by molar-refractivity contribution is 0.111. The number of aliphatic hydroxyl groups excluding tert-OH is 1. The van der Waals surface area contributed by atoms with Crippen molar-refractivity contribution in [3.05, 3.63) is 47.3 Å². The average Bonchev–Trinajstić information content (AvgIpc) is 3.14. The number of piperazine rings is 1. The van der Waals surface area contributed by atoms with Crippen molar-refractivity contribution in [2.75, 3.05) is 33.2 Å². The van der Waals surface area contributed by atoms with Crippen molar-refractivity contribution >= 4 is 22.6 Å². The summed E-state index contributed by atoms with van der Waals surface area (Å²) < 4.78 is 17.4. The fraction of sp³-hybridized carbons (Fsp3) is 0.500. The van der Waals surface area contributed by atoms with Crippen molar-refractivity contribution in [2.24, 2.45) is 0 Å². The highest BCUT2D eigenvalue weighted by Crippen LogP contribution is 2.37. The molecule has 0 atom stereocenters. The third-order valence-electron chi connectivity index (χ3n) is 6.93. The molecule has 1 aliphatic carbocycles. The first-order chi connectivity index (χ1) is 15.5. The molecular formula is C24H29ClFN5O. The molecule has 1 aromatic carbocycles. The predicted molar refractivity (Wildman–Crippen MR) is 124 cm³/mol. The van der Waals surface area contributed by atoms with Crippen LogP contribution in [0.5, 0.6) is 0 Å². The Morgan fingerprint density at radius 1 is 1.09 bits per heavy atom. The van der Waals surface area contributed by atoms with Crippen LogP contribution in [0.2, 0.25) is 5.28 Å². The van der Waals surface area contributed by atoms with Gasteiger partial charge in [0.2, 0.25) is 5.28 Å². The molecule has 0 amide bonds. The van der Waals surface area contributed by atoms with E-state index < -0.39 is 0 Å². The van der Waals surface area contributed by atoms with Gasteiger partial charge in [0, 0.05) is 67.7 Å². The van der Waals surface area contributed by atoms with Crippen LogP contribution in [0.15, 0.2) is 30.6 Å². The Morgan fingerprint density at radius 3 is 2.56 bits per heavy atom. The van der Waals surface area contributed by atoms with Crippen LogP contribution in [0.25, 0.3) is 22.2 Å². The number of hydrogen-bond acceptors (Lipinski definition) is 5.